The van der Waals surface area contributed by atoms with Crippen LogP contribution in [0.3, 0.4) is 0 Å². The van der Waals surface area contributed by atoms with Crippen molar-refractivity contribution in [2.75, 3.05) is 26.2 Å². The van der Waals surface area contributed by atoms with Crippen molar-refractivity contribution in [3.8, 4) is 0 Å². The van der Waals surface area contributed by atoms with Gasteiger partial charge in [0.25, 0.3) is 0 Å². The molecule has 3 aromatic rings. The molecule has 0 N–H and O–H groups in total. The van der Waals surface area contributed by atoms with Crippen molar-refractivity contribution in [1.82, 2.24) is 9.21 Å². The lowest BCUT2D eigenvalue weighted by molar-refractivity contribution is 0.182. The van der Waals surface area contributed by atoms with Gasteiger partial charge in [-0.15, -0.1) is 11.3 Å². The van der Waals surface area contributed by atoms with Crippen molar-refractivity contribution < 1.29 is 8.42 Å². The van der Waals surface area contributed by atoms with E-state index in [0.29, 0.717) is 23.0 Å². The van der Waals surface area contributed by atoms with Crippen molar-refractivity contribution >= 4 is 43.0 Å². The highest BCUT2D eigenvalue weighted by atomic mass is 35.5. The molecule has 26 heavy (non-hydrogen) atoms. The molecule has 4 nitrogen and oxygen atoms in total. The van der Waals surface area contributed by atoms with Gasteiger partial charge >= 0.3 is 0 Å². The highest BCUT2D eigenvalue weighted by Gasteiger charge is 2.28. The second-order valence-electron chi connectivity index (χ2n) is 6.39. The first kappa shape index (κ1) is 17.9. The van der Waals surface area contributed by atoms with Gasteiger partial charge in [0.05, 0.1) is 4.90 Å². The van der Waals surface area contributed by atoms with E-state index in [1.807, 2.05) is 0 Å². The van der Waals surface area contributed by atoms with E-state index in [1.165, 1.54) is 15.6 Å². The summed E-state index contributed by atoms with van der Waals surface area (Å²) < 4.78 is 28.4. The first-order chi connectivity index (χ1) is 12.5. The van der Waals surface area contributed by atoms with Crippen molar-refractivity contribution in [2.45, 2.75) is 11.4 Å². The van der Waals surface area contributed by atoms with Crippen molar-refractivity contribution in [3.63, 3.8) is 0 Å². The van der Waals surface area contributed by atoms with Gasteiger partial charge in [0.2, 0.25) is 10.0 Å². The van der Waals surface area contributed by atoms with E-state index in [0.717, 1.165) is 19.6 Å². The molecule has 1 aromatic heterocycles. The number of rotatable bonds is 4. The highest BCUT2D eigenvalue weighted by Crippen LogP contribution is 2.27. The lowest BCUT2D eigenvalue weighted by Gasteiger charge is -2.33. The monoisotopic (exact) mass is 406 g/mol. The maximum atomic E-state index is 12.8. The molecular weight excluding hydrogens is 388 g/mol. The molecule has 1 fully saturated rings. The molecule has 0 atom stereocenters. The van der Waals surface area contributed by atoms with Crippen LogP contribution in [-0.2, 0) is 16.6 Å². The van der Waals surface area contributed by atoms with Crippen LogP contribution in [0.2, 0.25) is 5.02 Å². The summed E-state index contributed by atoms with van der Waals surface area (Å²) in [5, 5.41) is 4.05. The van der Waals surface area contributed by atoms with Crippen LogP contribution in [0, 0.1) is 0 Å². The highest BCUT2D eigenvalue weighted by molar-refractivity contribution is 7.89. The Labute approximate surface area is 162 Å². The van der Waals surface area contributed by atoms with Gasteiger partial charge in [-0.2, -0.15) is 4.31 Å². The second kappa shape index (κ2) is 7.29. The molecule has 0 amide bonds. The number of hydrogen-bond acceptors (Lipinski definition) is 4. The molecule has 1 saturated heterocycles. The van der Waals surface area contributed by atoms with Crippen LogP contribution in [0.25, 0.3) is 10.1 Å². The zero-order chi connectivity index (χ0) is 18.1. The van der Waals surface area contributed by atoms with Crippen molar-refractivity contribution in [2.24, 2.45) is 0 Å². The van der Waals surface area contributed by atoms with E-state index in [4.69, 9.17) is 11.6 Å². The van der Waals surface area contributed by atoms with E-state index in [9.17, 15) is 8.42 Å². The molecule has 0 radical (unpaired) electrons. The topological polar surface area (TPSA) is 40.6 Å². The van der Waals surface area contributed by atoms with Crippen LogP contribution in [0.5, 0.6) is 0 Å². The van der Waals surface area contributed by atoms with Gasteiger partial charge in [-0.25, -0.2) is 8.42 Å². The Morgan fingerprint density at radius 1 is 0.962 bits per heavy atom. The lowest BCUT2D eigenvalue weighted by atomic mass is 10.1. The van der Waals surface area contributed by atoms with Crippen LogP contribution in [0.4, 0.5) is 0 Å². The normalized spacial score (nSPS) is 17.0. The number of sulfonamides is 1. The van der Waals surface area contributed by atoms with E-state index in [1.54, 1.807) is 39.9 Å². The van der Waals surface area contributed by atoms with Gasteiger partial charge in [-0.05, 0) is 46.7 Å². The Bertz CT molecular complexity index is 1010. The third-order valence-electron chi connectivity index (χ3n) is 4.74. The van der Waals surface area contributed by atoms with E-state index in [2.05, 4.69) is 34.5 Å². The van der Waals surface area contributed by atoms with E-state index < -0.39 is 10.0 Å². The predicted molar refractivity (Wildman–Crippen MR) is 107 cm³/mol. The SMILES string of the molecule is O=S(=O)(c1ccc(Cl)cc1)N1CCN(Cc2csc3ccccc23)CC1. The first-order valence-electron chi connectivity index (χ1n) is 8.47. The zero-order valence-corrected chi connectivity index (χ0v) is 16.5. The van der Waals surface area contributed by atoms with Crippen LogP contribution >= 0.6 is 22.9 Å². The molecule has 0 bridgehead atoms. The first-order valence-corrected chi connectivity index (χ1v) is 11.2. The average Bonchev–Trinajstić information content (AvgIpc) is 3.06. The summed E-state index contributed by atoms with van der Waals surface area (Å²) in [6.07, 6.45) is 0. The largest absolute Gasteiger partial charge is 0.296 e. The lowest BCUT2D eigenvalue weighted by Crippen LogP contribution is -2.48. The summed E-state index contributed by atoms with van der Waals surface area (Å²) in [5.41, 5.74) is 1.32. The standard InChI is InChI=1S/C19H19ClN2O2S2/c20-16-5-7-17(8-6-16)26(23,24)22-11-9-21(10-12-22)13-15-14-25-19-4-2-1-3-18(15)19/h1-8,14H,9-13H2. The van der Waals surface area contributed by atoms with Gasteiger partial charge in [0, 0.05) is 42.4 Å². The number of fused-ring (bicyclic) bond motifs is 1. The number of benzene rings is 2. The summed E-state index contributed by atoms with van der Waals surface area (Å²) in [7, 11) is -3.45. The van der Waals surface area contributed by atoms with E-state index >= 15 is 0 Å². The average molecular weight is 407 g/mol. The van der Waals surface area contributed by atoms with Gasteiger partial charge in [0.15, 0.2) is 0 Å². The second-order valence-corrected chi connectivity index (χ2v) is 9.68. The number of halogens is 1. The minimum atomic E-state index is -3.45. The van der Waals surface area contributed by atoms with E-state index in [-0.39, 0.29) is 0 Å². The minimum Gasteiger partial charge on any atom is -0.296 e. The molecule has 0 saturated carbocycles. The zero-order valence-electron chi connectivity index (χ0n) is 14.1. The third kappa shape index (κ3) is 3.52. The molecule has 0 unspecified atom stereocenters. The molecule has 1 aliphatic rings. The Morgan fingerprint density at radius 2 is 1.65 bits per heavy atom. The number of thiophene rings is 1. The summed E-state index contributed by atoms with van der Waals surface area (Å²) in [4.78, 5) is 2.63. The molecule has 2 aromatic carbocycles. The minimum absolute atomic E-state index is 0.305. The molecule has 0 aliphatic carbocycles. The number of hydrogen-bond donors (Lipinski definition) is 0. The molecule has 1 aliphatic heterocycles. The number of nitrogens with zero attached hydrogens (tertiary/aromatic N) is 2. The molecule has 2 heterocycles. The van der Waals surface area contributed by atoms with Crippen LogP contribution in [0.1, 0.15) is 5.56 Å². The van der Waals surface area contributed by atoms with Crippen LogP contribution < -0.4 is 0 Å². The van der Waals surface area contributed by atoms with Gasteiger partial charge in [0.1, 0.15) is 0 Å². The van der Waals surface area contributed by atoms with Gasteiger partial charge < -0.3 is 0 Å². The Hall–Kier alpha value is -1.44. The maximum absolute atomic E-state index is 12.8. The van der Waals surface area contributed by atoms with Crippen LogP contribution in [-0.4, -0.2) is 43.8 Å². The molecule has 0 spiro atoms. The Balaban J connectivity index is 1.43. The third-order valence-corrected chi connectivity index (χ3v) is 7.91. The smallest absolute Gasteiger partial charge is 0.243 e. The summed E-state index contributed by atoms with van der Waals surface area (Å²) in [5.74, 6) is 0. The predicted octanol–water partition coefficient (Wildman–Crippen LogP) is 4.06. The van der Waals surface area contributed by atoms with Crippen molar-refractivity contribution in [1.29, 1.82) is 0 Å². The molecule has 136 valence electrons. The van der Waals surface area contributed by atoms with Crippen molar-refractivity contribution in [3.05, 3.63) is 64.5 Å². The summed E-state index contributed by atoms with van der Waals surface area (Å²) in [6, 6.07) is 14.8. The fourth-order valence-corrected chi connectivity index (χ4v) is 5.78. The number of piperazine rings is 1. The molecule has 7 heteroatoms. The summed E-state index contributed by atoms with van der Waals surface area (Å²) >= 11 is 7.62. The fraction of sp³-hybridized carbons (Fsp3) is 0.263. The van der Waals surface area contributed by atoms with Gasteiger partial charge in [-0.3, -0.25) is 4.90 Å². The molecular formula is C19H19ClN2O2S2. The van der Waals surface area contributed by atoms with Crippen LogP contribution in [0.15, 0.2) is 58.8 Å². The maximum Gasteiger partial charge on any atom is 0.243 e. The Morgan fingerprint density at radius 3 is 2.38 bits per heavy atom. The summed E-state index contributed by atoms with van der Waals surface area (Å²) in [6.45, 7) is 3.34. The fourth-order valence-electron chi connectivity index (χ4n) is 3.28. The molecule has 4 rings (SSSR count). The quantitative estimate of drug-likeness (QED) is 0.656. The van der Waals surface area contributed by atoms with Gasteiger partial charge in [-0.1, -0.05) is 29.8 Å². The Kier molecular flexibility index (Phi) is 5.03.